The summed E-state index contributed by atoms with van der Waals surface area (Å²) in [5, 5.41) is 5.51. The van der Waals surface area contributed by atoms with Crippen molar-refractivity contribution >= 4 is 29.2 Å². The molecular weight excluding hydrogens is 492 g/mol. The fourth-order valence-corrected chi connectivity index (χ4v) is 4.54. The number of nitrogens with one attached hydrogen (secondary N) is 2. The molecule has 0 saturated carbocycles. The van der Waals surface area contributed by atoms with E-state index in [0.29, 0.717) is 68.0 Å². The number of methoxy groups -OCH3 is 1. The third-order valence-electron chi connectivity index (χ3n) is 6.53. The van der Waals surface area contributed by atoms with Crippen LogP contribution in [0.5, 0.6) is 17.2 Å². The Morgan fingerprint density at radius 3 is 2.34 bits per heavy atom. The van der Waals surface area contributed by atoms with Crippen molar-refractivity contribution in [3.63, 3.8) is 0 Å². The van der Waals surface area contributed by atoms with Crippen LogP contribution >= 0.6 is 0 Å². The second kappa shape index (κ2) is 11.6. The van der Waals surface area contributed by atoms with Crippen LogP contribution in [-0.2, 0) is 19.9 Å². The quantitative estimate of drug-likeness (QED) is 0.454. The predicted molar refractivity (Wildman–Crippen MR) is 141 cm³/mol. The number of imide groups is 1. The lowest BCUT2D eigenvalue weighted by molar-refractivity contribution is -0.133. The van der Waals surface area contributed by atoms with Crippen LogP contribution in [0.25, 0.3) is 0 Å². The number of rotatable bonds is 10. The molecule has 2 N–H and O–H groups in total. The molecule has 2 saturated heterocycles. The maximum absolute atomic E-state index is 13.3. The molecule has 2 heterocycles. The van der Waals surface area contributed by atoms with Gasteiger partial charge >= 0.3 is 6.03 Å². The average Bonchev–Trinajstić information content (AvgIpc) is 3.14. The smallest absolute Gasteiger partial charge is 0.325 e. The van der Waals surface area contributed by atoms with Gasteiger partial charge in [-0.15, -0.1) is 0 Å². The first kappa shape index (κ1) is 27.1. The molecule has 1 atom stereocenters. The van der Waals surface area contributed by atoms with E-state index in [0.717, 1.165) is 10.6 Å². The Morgan fingerprint density at radius 1 is 1.05 bits per heavy atom. The molecule has 0 aliphatic carbocycles. The van der Waals surface area contributed by atoms with Crippen LogP contribution in [0, 0.1) is 0 Å². The highest BCUT2D eigenvalue weighted by molar-refractivity contribution is 6.10. The van der Waals surface area contributed by atoms with Gasteiger partial charge in [0, 0.05) is 25.2 Å². The Hall–Kier alpha value is -3.99. The van der Waals surface area contributed by atoms with Crippen LogP contribution in [0.15, 0.2) is 36.4 Å². The van der Waals surface area contributed by atoms with Gasteiger partial charge in [0.2, 0.25) is 5.91 Å². The Morgan fingerprint density at radius 2 is 1.71 bits per heavy atom. The first-order chi connectivity index (χ1) is 18.3. The summed E-state index contributed by atoms with van der Waals surface area (Å²) in [7, 11) is 1.55. The van der Waals surface area contributed by atoms with Crippen LogP contribution in [-0.4, -0.2) is 75.9 Å². The number of hydrogen-bond acceptors (Lipinski definition) is 8. The van der Waals surface area contributed by atoms with Gasteiger partial charge in [0.1, 0.15) is 29.3 Å². The van der Waals surface area contributed by atoms with Crippen molar-refractivity contribution in [1.82, 2.24) is 10.2 Å². The third-order valence-corrected chi connectivity index (χ3v) is 6.53. The van der Waals surface area contributed by atoms with Crippen LogP contribution in [0.3, 0.4) is 0 Å². The molecule has 2 aliphatic rings. The number of ether oxygens (including phenoxy) is 4. The zero-order chi connectivity index (χ0) is 27.3. The van der Waals surface area contributed by atoms with Crippen molar-refractivity contribution in [3.8, 4) is 17.2 Å². The molecule has 11 nitrogen and oxygen atoms in total. The van der Waals surface area contributed by atoms with Gasteiger partial charge in [-0.05, 0) is 38.5 Å². The second-order valence-electron chi connectivity index (χ2n) is 9.00. The molecule has 0 bridgehead atoms. The first-order valence-corrected chi connectivity index (χ1v) is 12.7. The van der Waals surface area contributed by atoms with E-state index in [2.05, 4.69) is 15.5 Å². The number of anilines is 2. The maximum atomic E-state index is 13.3. The van der Waals surface area contributed by atoms with Crippen LogP contribution in [0.1, 0.15) is 26.3 Å². The zero-order valence-corrected chi connectivity index (χ0v) is 22.2. The standard InChI is InChI=1S/C27H34N4O7/c1-5-37-22-16-21(30-11-13-36-14-12-30)23(38-6-2)15-20(22)28-24(32)17-31-25(33)27(3,29-26(31)34)18-7-9-19(35-4)10-8-18/h7-10,15-16H,5-6,11-14,17H2,1-4H3,(H,28,32)(H,29,34)/t27-/m1/s1. The summed E-state index contributed by atoms with van der Waals surface area (Å²) in [6.07, 6.45) is 0. The number of carbonyl (C=O) groups excluding carboxylic acids is 3. The number of morpholine rings is 1. The summed E-state index contributed by atoms with van der Waals surface area (Å²) in [5.74, 6) is 0.614. The van der Waals surface area contributed by atoms with Gasteiger partial charge in [-0.3, -0.25) is 14.5 Å². The lowest BCUT2D eigenvalue weighted by Crippen LogP contribution is -2.42. The van der Waals surface area contributed by atoms with Crippen LogP contribution in [0.4, 0.5) is 16.2 Å². The Balaban J connectivity index is 1.53. The molecule has 4 amide bonds. The summed E-state index contributed by atoms with van der Waals surface area (Å²) in [4.78, 5) is 42.2. The number of nitrogens with zero attached hydrogens (tertiary/aromatic N) is 2. The molecule has 204 valence electrons. The monoisotopic (exact) mass is 526 g/mol. The number of hydrogen-bond donors (Lipinski definition) is 2. The average molecular weight is 527 g/mol. The number of urea groups is 1. The van der Waals surface area contributed by atoms with Crippen molar-refractivity contribution in [2.75, 3.05) is 63.4 Å². The molecular formula is C27H34N4O7. The number of amides is 4. The molecule has 0 radical (unpaired) electrons. The minimum Gasteiger partial charge on any atom is -0.497 e. The minimum absolute atomic E-state index is 0.382. The zero-order valence-electron chi connectivity index (χ0n) is 22.2. The molecule has 2 aliphatic heterocycles. The summed E-state index contributed by atoms with van der Waals surface area (Å²) in [5.41, 5.74) is 0.517. The van der Waals surface area contributed by atoms with Gasteiger partial charge in [0.15, 0.2) is 0 Å². The highest BCUT2D eigenvalue weighted by atomic mass is 16.5. The van der Waals surface area contributed by atoms with Gasteiger partial charge < -0.3 is 34.5 Å². The van der Waals surface area contributed by atoms with E-state index >= 15 is 0 Å². The normalized spacial score (nSPS) is 19.3. The van der Waals surface area contributed by atoms with Gasteiger partial charge in [-0.1, -0.05) is 12.1 Å². The molecule has 2 fully saturated rings. The highest BCUT2D eigenvalue weighted by Crippen LogP contribution is 2.39. The first-order valence-electron chi connectivity index (χ1n) is 12.7. The largest absolute Gasteiger partial charge is 0.497 e. The van der Waals surface area contributed by atoms with Crippen molar-refractivity contribution in [2.24, 2.45) is 0 Å². The van der Waals surface area contributed by atoms with E-state index < -0.39 is 29.9 Å². The lowest BCUT2D eigenvalue weighted by Gasteiger charge is -2.31. The summed E-state index contributed by atoms with van der Waals surface area (Å²) in [6.45, 7) is 8.32. The number of benzene rings is 2. The molecule has 4 rings (SSSR count). The Labute approximate surface area is 222 Å². The Bertz CT molecular complexity index is 1180. The van der Waals surface area contributed by atoms with E-state index in [1.54, 1.807) is 44.4 Å². The minimum atomic E-state index is -1.30. The molecule has 2 aromatic carbocycles. The molecule has 2 aromatic rings. The molecule has 38 heavy (non-hydrogen) atoms. The van der Waals surface area contributed by atoms with E-state index in [9.17, 15) is 14.4 Å². The highest BCUT2D eigenvalue weighted by Gasteiger charge is 2.49. The van der Waals surface area contributed by atoms with Gasteiger partial charge in [0.05, 0.1) is 44.9 Å². The number of carbonyl (C=O) groups is 3. The van der Waals surface area contributed by atoms with Crippen molar-refractivity contribution in [3.05, 3.63) is 42.0 Å². The maximum Gasteiger partial charge on any atom is 0.325 e. The Kier molecular flexibility index (Phi) is 8.26. The van der Waals surface area contributed by atoms with Crippen LogP contribution < -0.4 is 29.7 Å². The third kappa shape index (κ3) is 5.47. The van der Waals surface area contributed by atoms with Crippen molar-refractivity contribution in [1.29, 1.82) is 0 Å². The fraction of sp³-hybridized carbons (Fsp3) is 0.444. The van der Waals surface area contributed by atoms with Gasteiger partial charge in [0.25, 0.3) is 5.91 Å². The van der Waals surface area contributed by atoms with E-state index in [4.69, 9.17) is 18.9 Å². The van der Waals surface area contributed by atoms with Crippen molar-refractivity contribution in [2.45, 2.75) is 26.3 Å². The topological polar surface area (TPSA) is 119 Å². The predicted octanol–water partition coefficient (Wildman–Crippen LogP) is 2.73. The summed E-state index contributed by atoms with van der Waals surface area (Å²) in [6, 6.07) is 9.74. The molecule has 0 unspecified atom stereocenters. The summed E-state index contributed by atoms with van der Waals surface area (Å²) >= 11 is 0. The molecule has 0 spiro atoms. The van der Waals surface area contributed by atoms with E-state index in [-0.39, 0.29) is 0 Å². The van der Waals surface area contributed by atoms with Gasteiger partial charge in [-0.25, -0.2) is 4.79 Å². The van der Waals surface area contributed by atoms with Crippen molar-refractivity contribution < 1.29 is 33.3 Å². The summed E-state index contributed by atoms with van der Waals surface area (Å²) < 4.78 is 22.3. The van der Waals surface area contributed by atoms with Gasteiger partial charge in [-0.2, -0.15) is 0 Å². The fourth-order valence-electron chi connectivity index (χ4n) is 4.54. The molecule has 0 aromatic heterocycles. The second-order valence-corrected chi connectivity index (χ2v) is 9.00. The lowest BCUT2D eigenvalue weighted by atomic mass is 9.92. The van der Waals surface area contributed by atoms with E-state index in [1.165, 1.54) is 0 Å². The molecule has 11 heteroatoms. The van der Waals surface area contributed by atoms with E-state index in [1.807, 2.05) is 19.9 Å². The SMILES string of the molecule is CCOc1cc(N2CCOCC2)c(OCC)cc1NC(=O)CN1C(=O)N[C@](C)(c2ccc(OC)cc2)C1=O. The van der Waals surface area contributed by atoms with Crippen LogP contribution in [0.2, 0.25) is 0 Å².